The molecule has 0 aliphatic carbocycles. The second kappa shape index (κ2) is 34.9. The Labute approximate surface area is 411 Å². The first kappa shape index (κ1) is 61.8. The van der Waals surface area contributed by atoms with Gasteiger partial charge in [0.1, 0.15) is 29.5 Å². The van der Waals surface area contributed by atoms with E-state index in [0.29, 0.717) is 25.2 Å². The summed E-state index contributed by atoms with van der Waals surface area (Å²) in [7, 11) is 5.43. The molecule has 0 aromatic heterocycles. The van der Waals surface area contributed by atoms with E-state index in [0.717, 1.165) is 27.8 Å². The zero-order chi connectivity index (χ0) is 52.6. The summed E-state index contributed by atoms with van der Waals surface area (Å²) in [5.74, 6) is -1.12. The summed E-state index contributed by atoms with van der Waals surface area (Å²) in [6.45, 7) is 7.14. The fourth-order valence-corrected chi connectivity index (χ4v) is 6.08. The third-order valence-electron chi connectivity index (χ3n) is 9.75. The molecule has 0 aliphatic rings. The van der Waals surface area contributed by atoms with E-state index in [-0.39, 0.29) is 36.0 Å². The molecule has 6 atom stereocenters. The highest BCUT2D eigenvalue weighted by atomic mass is 16.4. The number of aliphatic hydroxyl groups excluding tert-OH is 8. The van der Waals surface area contributed by atoms with Gasteiger partial charge in [0.25, 0.3) is 0 Å². The molecule has 16 heteroatoms. The van der Waals surface area contributed by atoms with Gasteiger partial charge in [-0.05, 0) is 112 Å². The van der Waals surface area contributed by atoms with E-state index in [9.17, 15) is 25.2 Å². The Morgan fingerprint density at radius 2 is 0.643 bits per heavy atom. The summed E-state index contributed by atoms with van der Waals surface area (Å²) >= 11 is 0. The molecule has 0 unspecified atom stereocenters. The topological polar surface area (TPSA) is 296 Å². The maximum absolute atomic E-state index is 10.3. The molecular weight excluding hydrogens is 899 g/mol. The Morgan fingerprint density at radius 3 is 0.900 bits per heavy atom. The largest absolute Gasteiger partial charge is 0.508 e. The lowest BCUT2D eigenvalue weighted by molar-refractivity contribution is -0.146. The number of likely N-dealkylation sites (N-methyl/N-ethyl adjacent to an activating group) is 3. The molecule has 0 fully saturated rings. The van der Waals surface area contributed by atoms with Crippen LogP contribution >= 0.6 is 0 Å². The Kier molecular flexibility index (Phi) is 30.8. The number of hydrogen-bond donors (Lipinski definition) is 15. The van der Waals surface area contributed by atoms with Gasteiger partial charge in [-0.1, -0.05) is 126 Å². The number of nitrogens with one attached hydrogen (secondary N) is 3. The van der Waals surface area contributed by atoms with E-state index in [2.05, 4.69) is 16.0 Å². The first-order chi connectivity index (χ1) is 33.3. The molecule has 0 radical (unpaired) electrons. The number of aliphatic hydroxyl groups is 8. The van der Waals surface area contributed by atoms with Crippen molar-refractivity contribution in [3.63, 3.8) is 0 Å². The quantitative estimate of drug-likeness (QED) is 0.0638. The number of carbonyl (C=O) groups is 1. The molecule has 16 nitrogen and oxygen atoms in total. The molecule has 0 spiro atoms. The summed E-state index contributed by atoms with van der Waals surface area (Å²) in [6, 6.07) is 41.6. The first-order valence-electron chi connectivity index (χ1n) is 22.3. The highest BCUT2D eigenvalue weighted by Gasteiger charge is 2.15. The number of aliphatic carboxylic acids is 1. The van der Waals surface area contributed by atoms with E-state index < -0.39 is 42.6 Å². The minimum absolute atomic E-state index is 0.0622. The molecule has 15 N–H and O–H groups in total. The van der Waals surface area contributed by atoms with Gasteiger partial charge in [-0.25, -0.2) is 4.79 Å². The van der Waals surface area contributed by atoms with E-state index >= 15 is 0 Å². The number of carboxylic acid groups (broad SMARTS) is 1. The molecule has 0 aliphatic heterocycles. The monoisotopic (exact) mass is 972 g/mol. The lowest BCUT2D eigenvalue weighted by Crippen LogP contribution is -2.16. The van der Waals surface area contributed by atoms with Crippen molar-refractivity contribution in [3.8, 4) is 17.2 Å². The molecule has 6 rings (SSSR count). The van der Waals surface area contributed by atoms with Gasteiger partial charge in [0.2, 0.25) is 0 Å². The number of hydrogen-bond acceptors (Lipinski definition) is 15. The van der Waals surface area contributed by atoms with Crippen LogP contribution in [-0.4, -0.2) is 121 Å². The van der Waals surface area contributed by atoms with Gasteiger partial charge in [-0.15, -0.1) is 0 Å². The van der Waals surface area contributed by atoms with Crippen molar-refractivity contribution in [1.29, 1.82) is 0 Å². The molecule has 0 bridgehead atoms. The lowest BCUT2D eigenvalue weighted by Gasteiger charge is -2.10. The second-order valence-corrected chi connectivity index (χ2v) is 15.9. The number of aromatic hydroxyl groups is 3. The molecular formula is C54H73N3O13. The van der Waals surface area contributed by atoms with E-state index in [1.807, 2.05) is 102 Å². The van der Waals surface area contributed by atoms with Crippen molar-refractivity contribution in [1.82, 2.24) is 16.0 Å². The number of benzene rings is 6. The van der Waals surface area contributed by atoms with Crippen LogP contribution in [0, 0.1) is 20.8 Å². The summed E-state index contributed by atoms with van der Waals surface area (Å²) in [6.07, 6.45) is -4.55. The van der Waals surface area contributed by atoms with Crippen LogP contribution in [0.15, 0.2) is 146 Å². The van der Waals surface area contributed by atoms with Crippen molar-refractivity contribution < 1.29 is 66.1 Å². The minimum atomic E-state index is -1.57. The molecule has 0 amide bonds. The Morgan fingerprint density at radius 1 is 0.400 bits per heavy atom. The summed E-state index contributed by atoms with van der Waals surface area (Å²) < 4.78 is 0. The number of phenolic OH excluding ortho intramolecular Hbond substituents is 3. The second-order valence-electron chi connectivity index (χ2n) is 15.9. The molecule has 70 heavy (non-hydrogen) atoms. The third-order valence-corrected chi connectivity index (χ3v) is 9.75. The highest BCUT2D eigenvalue weighted by molar-refractivity contribution is 5.74. The summed E-state index contributed by atoms with van der Waals surface area (Å²) in [5, 5.41) is 117. The molecule has 382 valence electrons. The van der Waals surface area contributed by atoms with Gasteiger partial charge >= 0.3 is 5.97 Å². The first-order valence-corrected chi connectivity index (χ1v) is 22.3. The minimum Gasteiger partial charge on any atom is -0.508 e. The number of rotatable bonds is 15. The average molecular weight is 972 g/mol. The van der Waals surface area contributed by atoms with Crippen molar-refractivity contribution in [2.75, 3.05) is 54.0 Å². The van der Waals surface area contributed by atoms with E-state index in [4.69, 9.17) is 40.9 Å². The molecule has 0 heterocycles. The van der Waals surface area contributed by atoms with Crippen LogP contribution in [0.2, 0.25) is 0 Å². The summed E-state index contributed by atoms with van der Waals surface area (Å²) in [5.41, 5.74) is 7.60. The fraction of sp³-hybridized carbons (Fsp3) is 0.315. The van der Waals surface area contributed by atoms with E-state index in [1.165, 1.54) is 47.5 Å². The maximum atomic E-state index is 10.3. The van der Waals surface area contributed by atoms with Crippen LogP contribution in [0.25, 0.3) is 0 Å². The molecule has 6 aromatic carbocycles. The van der Waals surface area contributed by atoms with E-state index in [1.54, 1.807) is 49.5 Å². The predicted molar refractivity (Wildman–Crippen MR) is 271 cm³/mol. The molecule has 0 saturated carbocycles. The van der Waals surface area contributed by atoms with Crippen LogP contribution in [-0.2, 0) is 4.79 Å². The SMILES string of the molecule is CNC[C@H](O)c1cccc(C)c1.CNC[C@H](O)c1cccc(C)c1.CNC[C@H](O)c1cccc(O)c1.Cc1cccc([C@@H](O)CO)c1.O=C(O)[C@H](O)c1cccc(O)c1.OC[C@H](O)c1cccc(O)c1. The van der Waals surface area contributed by atoms with Crippen LogP contribution in [0.1, 0.15) is 86.7 Å². The lowest BCUT2D eigenvalue weighted by atomic mass is 10.1. The normalized spacial score (nSPS) is 12.8. The smallest absolute Gasteiger partial charge is 0.337 e. The number of aryl methyl sites for hydroxylation is 3. The van der Waals surface area contributed by atoms with Crippen LogP contribution < -0.4 is 16.0 Å². The average Bonchev–Trinajstić information content (AvgIpc) is 3.34. The van der Waals surface area contributed by atoms with Gasteiger partial charge in [0.05, 0.1) is 31.5 Å². The number of carboxylic acids is 1. The van der Waals surface area contributed by atoms with Gasteiger partial charge in [0, 0.05) is 19.6 Å². The zero-order valence-electron chi connectivity index (χ0n) is 40.6. The fourth-order valence-electron chi connectivity index (χ4n) is 6.08. The maximum Gasteiger partial charge on any atom is 0.337 e. The van der Waals surface area contributed by atoms with Crippen LogP contribution in [0.3, 0.4) is 0 Å². The van der Waals surface area contributed by atoms with Gasteiger partial charge in [-0.2, -0.15) is 0 Å². The van der Waals surface area contributed by atoms with Crippen molar-refractivity contribution >= 4 is 5.97 Å². The van der Waals surface area contributed by atoms with Gasteiger partial charge in [-0.3, -0.25) is 0 Å². The Bertz CT molecular complexity index is 2170. The van der Waals surface area contributed by atoms with Crippen molar-refractivity contribution in [2.24, 2.45) is 0 Å². The molecule has 0 saturated heterocycles. The predicted octanol–water partition coefficient (Wildman–Crippen LogP) is 5.09. The number of phenols is 3. The van der Waals surface area contributed by atoms with Crippen LogP contribution in [0.5, 0.6) is 17.2 Å². The zero-order valence-corrected chi connectivity index (χ0v) is 40.6. The van der Waals surface area contributed by atoms with Crippen LogP contribution in [0.4, 0.5) is 0 Å². The van der Waals surface area contributed by atoms with Gasteiger partial charge in [0.15, 0.2) is 6.10 Å². The third kappa shape index (κ3) is 25.4. The molecule has 6 aromatic rings. The summed E-state index contributed by atoms with van der Waals surface area (Å²) in [4.78, 5) is 10.3. The van der Waals surface area contributed by atoms with Crippen molar-refractivity contribution in [2.45, 2.75) is 57.4 Å². The standard InChI is InChI=1S/2C10H15NO.C9H13NO2.C9H12O2.C8H8O4.C8H10O3/c2*1-8-4-3-5-9(6-8)10(12)7-11-2;1-10-6-9(12)7-3-2-4-8(11)5-7;1-7-3-2-4-8(5-7)9(11)6-10;9-6-3-1-2-5(4-6)7(10)8(11)12;9-5-8(11)6-2-1-3-7(10)4-6/h2*3-6,10-12H,7H2,1-2H3;2-5,9-12H,6H2,1H3;2-5,9-11H,6H2,1H3;1-4,7,9-10H,(H,11,12);1-4,8-11H,5H2/t2*10-;2*9-;7-;8-/m000010/s1. The van der Waals surface area contributed by atoms with Crippen molar-refractivity contribution in [3.05, 3.63) is 196 Å². The Balaban J connectivity index is 0.000000420. The Hall–Kier alpha value is -6.25. The van der Waals surface area contributed by atoms with Gasteiger partial charge < -0.3 is 77.2 Å². The highest BCUT2D eigenvalue weighted by Crippen LogP contribution is 2.20.